The molecule has 0 bridgehead atoms. The van der Waals surface area contributed by atoms with Gasteiger partial charge in [-0.15, -0.1) is 0 Å². The molecule has 0 radical (unpaired) electrons. The summed E-state index contributed by atoms with van der Waals surface area (Å²) in [5.41, 5.74) is 12.5. The van der Waals surface area contributed by atoms with Gasteiger partial charge in [0, 0.05) is 10.9 Å². The van der Waals surface area contributed by atoms with Crippen LogP contribution in [-0.2, 0) is 5.33 Å². The van der Waals surface area contributed by atoms with E-state index in [1.807, 2.05) is 0 Å². The van der Waals surface area contributed by atoms with Crippen LogP contribution in [-0.4, -0.2) is 4.98 Å². The van der Waals surface area contributed by atoms with Crippen LogP contribution in [0.1, 0.15) is 5.56 Å². The average molecular weight is 202 g/mol. The number of alkyl halides is 1. The van der Waals surface area contributed by atoms with E-state index in [-0.39, 0.29) is 0 Å². The lowest BCUT2D eigenvalue weighted by atomic mass is 10.3. The van der Waals surface area contributed by atoms with E-state index in [2.05, 4.69) is 20.9 Å². The van der Waals surface area contributed by atoms with Crippen LogP contribution >= 0.6 is 15.9 Å². The summed E-state index contributed by atoms with van der Waals surface area (Å²) in [5, 5.41) is 0.691. The van der Waals surface area contributed by atoms with E-state index in [4.69, 9.17) is 11.5 Å². The van der Waals surface area contributed by atoms with Crippen LogP contribution in [0.2, 0.25) is 0 Å². The smallest absolute Gasteiger partial charge is 0.127 e. The maximum atomic E-state index is 5.50. The van der Waals surface area contributed by atoms with Crippen LogP contribution in [0.25, 0.3) is 0 Å². The molecule has 0 aromatic carbocycles. The van der Waals surface area contributed by atoms with Crippen LogP contribution in [0.4, 0.5) is 11.5 Å². The molecule has 1 aromatic heterocycles. The number of halogens is 1. The molecule has 1 heterocycles. The van der Waals surface area contributed by atoms with Crippen molar-refractivity contribution in [3.8, 4) is 0 Å². The second-order valence-electron chi connectivity index (χ2n) is 1.95. The molecule has 0 fully saturated rings. The summed E-state index contributed by atoms with van der Waals surface area (Å²) in [5.74, 6) is 0.533. The van der Waals surface area contributed by atoms with Crippen LogP contribution in [0.3, 0.4) is 0 Å². The number of aromatic nitrogens is 1. The van der Waals surface area contributed by atoms with Gasteiger partial charge in [-0.1, -0.05) is 15.9 Å². The van der Waals surface area contributed by atoms with Crippen molar-refractivity contribution in [1.29, 1.82) is 0 Å². The van der Waals surface area contributed by atoms with Gasteiger partial charge in [0.1, 0.15) is 5.82 Å². The summed E-state index contributed by atoms with van der Waals surface area (Å²) >= 11 is 3.27. The molecular formula is C6H8BrN3. The van der Waals surface area contributed by atoms with Crippen molar-refractivity contribution < 1.29 is 0 Å². The van der Waals surface area contributed by atoms with Gasteiger partial charge in [-0.2, -0.15) is 0 Å². The summed E-state index contributed by atoms with van der Waals surface area (Å²) in [7, 11) is 0. The molecule has 0 saturated carbocycles. The third-order valence-electron chi connectivity index (χ3n) is 1.17. The SMILES string of the molecule is Nc1cnc(N)c(CBr)c1. The number of pyridine rings is 1. The van der Waals surface area contributed by atoms with Gasteiger partial charge in [-0.3, -0.25) is 0 Å². The molecule has 54 valence electrons. The Kier molecular flexibility index (Phi) is 2.11. The van der Waals surface area contributed by atoms with Gasteiger partial charge < -0.3 is 11.5 Å². The summed E-state index contributed by atoms with van der Waals surface area (Å²) in [6.45, 7) is 0. The van der Waals surface area contributed by atoms with E-state index in [0.717, 1.165) is 5.56 Å². The summed E-state index contributed by atoms with van der Waals surface area (Å²) in [6, 6.07) is 1.80. The van der Waals surface area contributed by atoms with E-state index < -0.39 is 0 Å². The summed E-state index contributed by atoms with van der Waals surface area (Å²) in [6.07, 6.45) is 1.54. The zero-order chi connectivity index (χ0) is 7.56. The van der Waals surface area contributed by atoms with E-state index in [1.54, 1.807) is 12.3 Å². The molecule has 0 amide bonds. The number of nitrogen functional groups attached to an aromatic ring is 2. The van der Waals surface area contributed by atoms with Crippen LogP contribution in [0.15, 0.2) is 12.3 Å². The number of nitrogens with two attached hydrogens (primary N) is 2. The van der Waals surface area contributed by atoms with Gasteiger partial charge in [-0.25, -0.2) is 4.98 Å². The predicted octanol–water partition coefficient (Wildman–Crippen LogP) is 1.14. The van der Waals surface area contributed by atoms with Crippen molar-refractivity contribution in [1.82, 2.24) is 4.98 Å². The highest BCUT2D eigenvalue weighted by Crippen LogP contribution is 2.14. The Hall–Kier alpha value is -0.770. The minimum absolute atomic E-state index is 0.533. The molecule has 3 nitrogen and oxygen atoms in total. The quantitative estimate of drug-likeness (QED) is 0.671. The number of hydrogen-bond acceptors (Lipinski definition) is 3. The maximum Gasteiger partial charge on any atom is 0.127 e. The van der Waals surface area contributed by atoms with Gasteiger partial charge >= 0.3 is 0 Å². The minimum atomic E-state index is 0.533. The molecule has 1 aromatic rings. The predicted molar refractivity (Wildman–Crippen MR) is 45.7 cm³/mol. The topological polar surface area (TPSA) is 64.9 Å². The molecule has 0 saturated heterocycles. The van der Waals surface area contributed by atoms with Crippen molar-refractivity contribution in [3.63, 3.8) is 0 Å². The molecule has 4 heteroatoms. The lowest BCUT2D eigenvalue weighted by Gasteiger charge is -2.00. The first-order valence-electron chi connectivity index (χ1n) is 2.80. The molecule has 10 heavy (non-hydrogen) atoms. The first-order chi connectivity index (χ1) is 4.74. The zero-order valence-corrected chi connectivity index (χ0v) is 6.93. The third-order valence-corrected chi connectivity index (χ3v) is 1.77. The summed E-state index contributed by atoms with van der Waals surface area (Å²) in [4.78, 5) is 3.87. The Morgan fingerprint density at radius 2 is 2.20 bits per heavy atom. The average Bonchev–Trinajstić information content (AvgIpc) is 1.94. The molecule has 0 aliphatic carbocycles. The lowest BCUT2D eigenvalue weighted by molar-refractivity contribution is 1.27. The third kappa shape index (κ3) is 1.39. The van der Waals surface area contributed by atoms with Crippen molar-refractivity contribution >= 4 is 27.4 Å². The number of hydrogen-bond donors (Lipinski definition) is 2. The van der Waals surface area contributed by atoms with Crippen molar-refractivity contribution in [2.24, 2.45) is 0 Å². The van der Waals surface area contributed by atoms with Gasteiger partial charge in [0.2, 0.25) is 0 Å². The molecule has 0 unspecified atom stereocenters. The van der Waals surface area contributed by atoms with Crippen LogP contribution in [0, 0.1) is 0 Å². The minimum Gasteiger partial charge on any atom is -0.397 e. The Labute approximate surface area is 67.6 Å². The fourth-order valence-electron chi connectivity index (χ4n) is 0.646. The first kappa shape index (κ1) is 7.34. The second kappa shape index (κ2) is 2.88. The van der Waals surface area contributed by atoms with E-state index in [9.17, 15) is 0 Å². The largest absolute Gasteiger partial charge is 0.397 e. The zero-order valence-electron chi connectivity index (χ0n) is 5.34. The van der Waals surface area contributed by atoms with Gasteiger partial charge in [0.05, 0.1) is 11.9 Å². The monoisotopic (exact) mass is 201 g/mol. The Morgan fingerprint density at radius 1 is 1.50 bits per heavy atom. The standard InChI is InChI=1S/C6H8BrN3/c7-2-4-1-5(8)3-10-6(4)9/h1,3H,2,8H2,(H2,9,10). The Bertz CT molecular complexity index is 236. The molecule has 0 aliphatic heterocycles. The fraction of sp³-hybridized carbons (Fsp3) is 0.167. The fourth-order valence-corrected chi connectivity index (χ4v) is 1.10. The number of nitrogens with zero attached hydrogens (tertiary/aromatic N) is 1. The van der Waals surface area contributed by atoms with Crippen LogP contribution in [0.5, 0.6) is 0 Å². The molecular weight excluding hydrogens is 194 g/mol. The lowest BCUT2D eigenvalue weighted by Crippen LogP contribution is -1.97. The van der Waals surface area contributed by atoms with Crippen LogP contribution < -0.4 is 11.5 Å². The second-order valence-corrected chi connectivity index (χ2v) is 2.51. The Balaban J connectivity index is 3.09. The molecule has 0 aliphatic rings. The van der Waals surface area contributed by atoms with Crippen molar-refractivity contribution in [2.75, 3.05) is 11.5 Å². The highest BCUT2D eigenvalue weighted by Gasteiger charge is 1.97. The normalized spacial score (nSPS) is 9.70. The number of rotatable bonds is 1. The van der Waals surface area contributed by atoms with E-state index in [1.165, 1.54) is 0 Å². The van der Waals surface area contributed by atoms with Crippen molar-refractivity contribution in [2.45, 2.75) is 5.33 Å². The molecule has 1 rings (SSSR count). The number of anilines is 2. The van der Waals surface area contributed by atoms with Gasteiger partial charge in [0.15, 0.2) is 0 Å². The highest BCUT2D eigenvalue weighted by atomic mass is 79.9. The van der Waals surface area contributed by atoms with Gasteiger partial charge in [0.25, 0.3) is 0 Å². The summed E-state index contributed by atoms with van der Waals surface area (Å²) < 4.78 is 0. The maximum absolute atomic E-state index is 5.50. The van der Waals surface area contributed by atoms with E-state index >= 15 is 0 Å². The van der Waals surface area contributed by atoms with Crippen molar-refractivity contribution in [3.05, 3.63) is 17.8 Å². The van der Waals surface area contributed by atoms with Gasteiger partial charge in [-0.05, 0) is 6.07 Å². The van der Waals surface area contributed by atoms with E-state index in [0.29, 0.717) is 16.8 Å². The highest BCUT2D eigenvalue weighted by molar-refractivity contribution is 9.08. The molecule has 0 atom stereocenters. The molecule has 0 spiro atoms. The first-order valence-corrected chi connectivity index (χ1v) is 3.92. The Morgan fingerprint density at radius 3 is 2.70 bits per heavy atom. The molecule has 4 N–H and O–H groups in total.